The standard InChI is InChI=1S/C21H28N2O5S/c1-13(2)22-9-4-8-21-14(15-19(27)28-12-5-7-20(15,3)29-21)17(25)23(10-6-11-24)16(21)18(22)26/h4-5,7-8,13-16,24H,6,9-12H2,1-3H3/t14-,15+,16?,20-,21-/m0/s1. The van der Waals surface area contributed by atoms with Crippen LogP contribution in [0, 0.1) is 11.8 Å². The first kappa shape index (κ1) is 20.5. The molecule has 1 spiro atoms. The van der Waals surface area contributed by atoms with Crippen molar-refractivity contribution in [1.82, 2.24) is 9.80 Å². The van der Waals surface area contributed by atoms with Crippen LogP contribution < -0.4 is 0 Å². The number of carbonyl (C=O) groups is 3. The molecule has 7 nitrogen and oxygen atoms in total. The topological polar surface area (TPSA) is 87.2 Å². The second-order valence-electron chi connectivity index (χ2n) is 8.63. The lowest BCUT2D eigenvalue weighted by atomic mass is 9.75. The smallest absolute Gasteiger partial charge is 0.311 e. The van der Waals surface area contributed by atoms with Crippen molar-refractivity contribution < 1.29 is 24.2 Å². The van der Waals surface area contributed by atoms with Gasteiger partial charge in [0.2, 0.25) is 11.8 Å². The van der Waals surface area contributed by atoms with E-state index >= 15 is 0 Å². The van der Waals surface area contributed by atoms with E-state index < -0.39 is 27.4 Å². The highest BCUT2D eigenvalue weighted by Gasteiger charge is 2.73. The molecule has 0 saturated carbocycles. The fraction of sp³-hybridized carbons (Fsp3) is 0.667. The van der Waals surface area contributed by atoms with E-state index in [1.807, 2.05) is 45.1 Å². The summed E-state index contributed by atoms with van der Waals surface area (Å²) < 4.78 is 3.94. The lowest BCUT2D eigenvalue weighted by Crippen LogP contribution is -2.54. The normalized spacial score (nSPS) is 38.7. The van der Waals surface area contributed by atoms with Gasteiger partial charge in [-0.1, -0.05) is 18.2 Å². The maximum atomic E-state index is 13.7. The molecule has 4 rings (SSSR count). The monoisotopic (exact) mass is 420 g/mol. The highest BCUT2D eigenvalue weighted by atomic mass is 32.2. The number of ether oxygens (including phenoxy) is 1. The highest BCUT2D eigenvalue weighted by molar-refractivity contribution is 8.02. The van der Waals surface area contributed by atoms with Gasteiger partial charge in [0.05, 0.1) is 16.6 Å². The number of hydrogen-bond donors (Lipinski definition) is 1. The minimum atomic E-state index is -0.826. The summed E-state index contributed by atoms with van der Waals surface area (Å²) >= 11 is 1.54. The van der Waals surface area contributed by atoms with E-state index in [0.29, 0.717) is 19.5 Å². The summed E-state index contributed by atoms with van der Waals surface area (Å²) in [6, 6.07) is -0.698. The number of aliphatic hydroxyl groups excluding tert-OH is 1. The predicted octanol–water partition coefficient (Wildman–Crippen LogP) is 0.976. The summed E-state index contributed by atoms with van der Waals surface area (Å²) in [6.45, 7) is 6.79. The Morgan fingerprint density at radius 2 is 1.97 bits per heavy atom. The van der Waals surface area contributed by atoms with Crippen LogP contribution in [0.2, 0.25) is 0 Å². The van der Waals surface area contributed by atoms with Gasteiger partial charge < -0.3 is 19.6 Å². The summed E-state index contributed by atoms with van der Waals surface area (Å²) in [7, 11) is 0. The molecule has 1 unspecified atom stereocenters. The van der Waals surface area contributed by atoms with E-state index in [2.05, 4.69) is 0 Å². The number of rotatable bonds is 4. The molecule has 0 aromatic rings. The van der Waals surface area contributed by atoms with E-state index in [0.717, 1.165) is 0 Å². The van der Waals surface area contributed by atoms with Gasteiger partial charge in [-0.15, -0.1) is 11.8 Å². The molecule has 0 aliphatic carbocycles. The van der Waals surface area contributed by atoms with E-state index in [1.165, 1.54) is 0 Å². The molecule has 5 atom stereocenters. The van der Waals surface area contributed by atoms with Crippen LogP contribution >= 0.6 is 11.8 Å². The van der Waals surface area contributed by atoms with Crippen molar-refractivity contribution in [1.29, 1.82) is 0 Å². The lowest BCUT2D eigenvalue weighted by molar-refractivity contribution is -0.152. The number of nitrogens with zero attached hydrogens (tertiary/aromatic N) is 2. The van der Waals surface area contributed by atoms with Crippen molar-refractivity contribution in [3.05, 3.63) is 24.3 Å². The third-order valence-corrected chi connectivity index (χ3v) is 8.32. The third kappa shape index (κ3) is 2.86. The number of fused-ring (bicyclic) bond motifs is 2. The van der Waals surface area contributed by atoms with Crippen LogP contribution in [-0.2, 0) is 19.1 Å². The van der Waals surface area contributed by atoms with E-state index in [1.54, 1.807) is 21.6 Å². The molecule has 29 heavy (non-hydrogen) atoms. The zero-order valence-corrected chi connectivity index (χ0v) is 17.9. The fourth-order valence-electron chi connectivity index (χ4n) is 5.32. The molecule has 158 valence electrons. The Kier molecular flexibility index (Phi) is 5.06. The third-order valence-electron chi connectivity index (χ3n) is 6.52. The van der Waals surface area contributed by atoms with Crippen molar-refractivity contribution in [3.63, 3.8) is 0 Å². The van der Waals surface area contributed by atoms with Gasteiger partial charge in [0.15, 0.2) is 0 Å². The second-order valence-corrected chi connectivity index (χ2v) is 10.4. The predicted molar refractivity (Wildman–Crippen MR) is 109 cm³/mol. The maximum absolute atomic E-state index is 13.7. The summed E-state index contributed by atoms with van der Waals surface area (Å²) in [6.07, 6.45) is 8.14. The zero-order valence-electron chi connectivity index (χ0n) is 17.0. The minimum Gasteiger partial charge on any atom is -0.461 e. The number of aliphatic hydroxyl groups is 1. The maximum Gasteiger partial charge on any atom is 0.311 e. The van der Waals surface area contributed by atoms with Crippen LogP contribution in [0.15, 0.2) is 24.3 Å². The van der Waals surface area contributed by atoms with Gasteiger partial charge in [0.25, 0.3) is 0 Å². The first-order valence-electron chi connectivity index (χ1n) is 10.2. The molecular weight excluding hydrogens is 392 g/mol. The van der Waals surface area contributed by atoms with Crippen LogP contribution in [0.5, 0.6) is 0 Å². The number of cyclic esters (lactones) is 1. The van der Waals surface area contributed by atoms with Gasteiger partial charge in [0.1, 0.15) is 12.6 Å². The molecule has 0 bridgehead atoms. The molecule has 2 fully saturated rings. The molecule has 0 radical (unpaired) electrons. The van der Waals surface area contributed by atoms with Crippen molar-refractivity contribution in [2.24, 2.45) is 11.8 Å². The van der Waals surface area contributed by atoms with Gasteiger partial charge in [0, 0.05) is 30.5 Å². The van der Waals surface area contributed by atoms with E-state index in [4.69, 9.17) is 4.74 Å². The lowest BCUT2D eigenvalue weighted by Gasteiger charge is -2.37. The molecule has 4 aliphatic rings. The Morgan fingerprint density at radius 1 is 1.21 bits per heavy atom. The molecule has 4 aliphatic heterocycles. The van der Waals surface area contributed by atoms with Gasteiger partial charge in [-0.2, -0.15) is 0 Å². The highest BCUT2D eigenvalue weighted by Crippen LogP contribution is 2.65. The molecule has 1 N–H and O–H groups in total. The first-order chi connectivity index (χ1) is 13.8. The van der Waals surface area contributed by atoms with Crippen molar-refractivity contribution in [3.8, 4) is 0 Å². The molecule has 2 saturated heterocycles. The van der Waals surface area contributed by atoms with Crippen LogP contribution in [0.25, 0.3) is 0 Å². The summed E-state index contributed by atoms with van der Waals surface area (Å²) in [4.78, 5) is 43.6. The number of carbonyl (C=O) groups excluding carboxylic acids is 3. The van der Waals surface area contributed by atoms with E-state index in [9.17, 15) is 19.5 Å². The summed E-state index contributed by atoms with van der Waals surface area (Å²) in [5.74, 6) is -1.98. The SMILES string of the molecule is CC(C)N1CC=C[C@]23S[C@@]4(C)C=CCOC(=O)[C@H]4[C@H]2C(=O)N(CCCO)C3C1=O. The second kappa shape index (κ2) is 7.16. The van der Waals surface area contributed by atoms with Gasteiger partial charge in [-0.05, 0) is 33.3 Å². The quantitative estimate of drug-likeness (QED) is 0.539. The molecule has 8 heteroatoms. The molecular formula is C21H28N2O5S. The average molecular weight is 421 g/mol. The van der Waals surface area contributed by atoms with Crippen LogP contribution in [0.1, 0.15) is 27.2 Å². The van der Waals surface area contributed by atoms with Gasteiger partial charge in [-0.25, -0.2) is 0 Å². The Balaban J connectivity index is 1.87. The Morgan fingerprint density at radius 3 is 2.66 bits per heavy atom. The van der Waals surface area contributed by atoms with Crippen molar-refractivity contribution >= 4 is 29.5 Å². The number of thioether (sulfide) groups is 1. The summed E-state index contributed by atoms with van der Waals surface area (Å²) in [5, 5.41) is 9.34. The Bertz CT molecular complexity index is 796. The molecule has 4 heterocycles. The number of esters is 1. The fourth-order valence-corrected chi connectivity index (χ4v) is 7.47. The first-order valence-corrected chi connectivity index (χ1v) is 11.0. The minimum absolute atomic E-state index is 0.00604. The van der Waals surface area contributed by atoms with Crippen molar-refractivity contribution in [2.75, 3.05) is 26.3 Å². The van der Waals surface area contributed by atoms with Gasteiger partial charge in [-0.3, -0.25) is 14.4 Å². The number of amides is 2. The molecule has 0 aromatic heterocycles. The molecule has 0 aromatic carbocycles. The van der Waals surface area contributed by atoms with E-state index in [-0.39, 0.29) is 37.0 Å². The van der Waals surface area contributed by atoms with Crippen LogP contribution in [0.4, 0.5) is 0 Å². The Hall–Kier alpha value is -1.80. The largest absolute Gasteiger partial charge is 0.461 e. The van der Waals surface area contributed by atoms with Crippen LogP contribution in [0.3, 0.4) is 0 Å². The van der Waals surface area contributed by atoms with Crippen molar-refractivity contribution in [2.45, 2.75) is 48.8 Å². The Labute approximate surface area is 175 Å². The summed E-state index contributed by atoms with van der Waals surface area (Å²) in [5.41, 5.74) is 0. The van der Waals surface area contributed by atoms with Gasteiger partial charge >= 0.3 is 5.97 Å². The number of likely N-dealkylation sites (tertiary alicyclic amines) is 1. The number of hydrogen-bond acceptors (Lipinski definition) is 6. The molecule has 2 amide bonds. The average Bonchev–Trinajstić information content (AvgIpc) is 2.90. The van der Waals surface area contributed by atoms with Crippen LogP contribution in [-0.4, -0.2) is 80.6 Å². The zero-order chi connectivity index (χ0) is 21.0.